The number of nitrogens with zero attached hydrogens (tertiary/aromatic N) is 2. The molecule has 0 radical (unpaired) electrons. The summed E-state index contributed by atoms with van der Waals surface area (Å²) >= 11 is 6.19. The van der Waals surface area contributed by atoms with E-state index in [0.29, 0.717) is 17.2 Å². The van der Waals surface area contributed by atoms with Crippen molar-refractivity contribution >= 4 is 39.1 Å². The van der Waals surface area contributed by atoms with Gasteiger partial charge in [-0.05, 0) is 48.7 Å². The first-order chi connectivity index (χ1) is 15.5. The number of amides is 2. The highest BCUT2D eigenvalue weighted by atomic mass is 35.5. The maximum Gasteiger partial charge on any atom is 0.244 e. The maximum atomic E-state index is 13.5. The van der Waals surface area contributed by atoms with Crippen molar-refractivity contribution < 1.29 is 22.7 Å². The van der Waals surface area contributed by atoms with E-state index in [1.807, 2.05) is 6.07 Å². The monoisotopic (exact) mass is 495 g/mol. The van der Waals surface area contributed by atoms with E-state index >= 15 is 0 Å². The summed E-state index contributed by atoms with van der Waals surface area (Å²) in [5, 5.41) is 2.97. The predicted molar refractivity (Wildman–Crippen MR) is 130 cm³/mol. The molecule has 8 nitrogen and oxygen atoms in total. The molecule has 2 aromatic carbocycles. The standard InChI is InChI=1S/C23H30ClN3O5S/c1-6-21(23(29)25-3)26(14-17-8-7-9-19(12-17)32-4)22(28)15-27(33(5,30)31)18-11-10-16(2)20(24)13-18/h7-13,21H,6,14-15H2,1-5H3,(H,25,29). The van der Waals surface area contributed by atoms with Gasteiger partial charge in [0.15, 0.2) is 0 Å². The van der Waals surface area contributed by atoms with E-state index in [0.717, 1.165) is 21.7 Å². The van der Waals surface area contributed by atoms with Gasteiger partial charge in [0, 0.05) is 18.6 Å². The lowest BCUT2D eigenvalue weighted by atomic mass is 10.1. The Bertz CT molecular complexity index is 1110. The van der Waals surface area contributed by atoms with Crippen molar-refractivity contribution in [1.29, 1.82) is 0 Å². The largest absolute Gasteiger partial charge is 0.497 e. The number of ether oxygens (including phenoxy) is 1. The van der Waals surface area contributed by atoms with Gasteiger partial charge in [0.25, 0.3) is 0 Å². The first-order valence-electron chi connectivity index (χ1n) is 10.4. The molecule has 2 rings (SSSR count). The highest BCUT2D eigenvalue weighted by Gasteiger charge is 2.31. The number of likely N-dealkylation sites (N-methyl/N-ethyl adjacent to an activating group) is 1. The van der Waals surface area contributed by atoms with Crippen molar-refractivity contribution in [1.82, 2.24) is 10.2 Å². The summed E-state index contributed by atoms with van der Waals surface area (Å²) < 4.78 is 31.4. The Balaban J connectivity index is 2.45. The normalized spacial score (nSPS) is 12.1. The minimum Gasteiger partial charge on any atom is -0.497 e. The second-order valence-corrected chi connectivity index (χ2v) is 9.93. The van der Waals surface area contributed by atoms with E-state index in [2.05, 4.69) is 5.32 Å². The lowest BCUT2D eigenvalue weighted by molar-refractivity contribution is -0.140. The highest BCUT2D eigenvalue weighted by Crippen LogP contribution is 2.25. The van der Waals surface area contributed by atoms with Gasteiger partial charge in [-0.2, -0.15) is 0 Å². The molecule has 0 aliphatic carbocycles. The molecule has 1 atom stereocenters. The van der Waals surface area contributed by atoms with Crippen LogP contribution in [0.3, 0.4) is 0 Å². The molecule has 2 amide bonds. The summed E-state index contributed by atoms with van der Waals surface area (Å²) in [6, 6.07) is 11.2. The SMILES string of the molecule is CCC(C(=O)NC)N(Cc1cccc(OC)c1)C(=O)CN(c1ccc(C)c(Cl)c1)S(C)(=O)=O. The van der Waals surface area contributed by atoms with Crippen LogP contribution in [-0.4, -0.2) is 58.1 Å². The molecule has 10 heteroatoms. The number of halogens is 1. The molecule has 1 N–H and O–H groups in total. The van der Waals surface area contributed by atoms with E-state index in [1.165, 1.54) is 25.1 Å². The number of anilines is 1. The molecule has 0 saturated heterocycles. The zero-order valence-corrected chi connectivity index (χ0v) is 21.0. The molecule has 180 valence electrons. The van der Waals surface area contributed by atoms with Gasteiger partial charge >= 0.3 is 0 Å². The van der Waals surface area contributed by atoms with Crippen LogP contribution in [0.15, 0.2) is 42.5 Å². The van der Waals surface area contributed by atoms with Gasteiger partial charge in [0.2, 0.25) is 21.8 Å². The van der Waals surface area contributed by atoms with Crippen molar-refractivity contribution in [3.63, 3.8) is 0 Å². The third-order valence-corrected chi connectivity index (χ3v) is 6.79. The van der Waals surface area contributed by atoms with E-state index in [9.17, 15) is 18.0 Å². The second-order valence-electron chi connectivity index (χ2n) is 7.61. The van der Waals surface area contributed by atoms with Crippen LogP contribution in [-0.2, 0) is 26.2 Å². The molecule has 0 heterocycles. The van der Waals surface area contributed by atoms with Crippen LogP contribution in [0.5, 0.6) is 5.75 Å². The second kappa shape index (κ2) is 11.4. The Morgan fingerprint density at radius 2 is 1.88 bits per heavy atom. The fourth-order valence-corrected chi connectivity index (χ4v) is 4.42. The first kappa shape index (κ1) is 26.5. The number of carbonyl (C=O) groups is 2. The zero-order valence-electron chi connectivity index (χ0n) is 19.5. The molecule has 33 heavy (non-hydrogen) atoms. The maximum absolute atomic E-state index is 13.5. The van der Waals surface area contributed by atoms with Crippen molar-refractivity contribution in [3.8, 4) is 5.75 Å². The van der Waals surface area contributed by atoms with Crippen LogP contribution in [0, 0.1) is 6.92 Å². The van der Waals surface area contributed by atoms with E-state index in [-0.39, 0.29) is 18.1 Å². The van der Waals surface area contributed by atoms with Gasteiger partial charge in [-0.3, -0.25) is 13.9 Å². The Morgan fingerprint density at radius 3 is 2.42 bits per heavy atom. The minimum absolute atomic E-state index is 0.105. The van der Waals surface area contributed by atoms with Crippen LogP contribution in [0.1, 0.15) is 24.5 Å². The third-order valence-electron chi connectivity index (χ3n) is 5.24. The summed E-state index contributed by atoms with van der Waals surface area (Å²) in [6.07, 6.45) is 1.38. The van der Waals surface area contributed by atoms with Gasteiger partial charge in [-0.1, -0.05) is 36.7 Å². The van der Waals surface area contributed by atoms with E-state index in [4.69, 9.17) is 16.3 Å². The van der Waals surface area contributed by atoms with Gasteiger partial charge in [0.1, 0.15) is 18.3 Å². The number of methoxy groups -OCH3 is 1. The number of hydrogen-bond donors (Lipinski definition) is 1. The smallest absolute Gasteiger partial charge is 0.244 e. The summed E-state index contributed by atoms with van der Waals surface area (Å²) in [6.45, 7) is 3.22. The molecule has 0 fully saturated rings. The quantitative estimate of drug-likeness (QED) is 0.546. The molecule has 0 aromatic heterocycles. The van der Waals surface area contributed by atoms with Crippen molar-refractivity contribution in [2.75, 3.05) is 31.3 Å². The number of carbonyl (C=O) groups excluding carboxylic acids is 2. The molecule has 0 saturated carbocycles. The summed E-state index contributed by atoms with van der Waals surface area (Å²) in [5.74, 6) is -0.242. The number of nitrogens with one attached hydrogen (secondary N) is 1. The summed E-state index contributed by atoms with van der Waals surface area (Å²) in [4.78, 5) is 27.4. The molecular formula is C23H30ClN3O5S. The Kier molecular flexibility index (Phi) is 9.13. The molecule has 1 unspecified atom stereocenters. The molecular weight excluding hydrogens is 466 g/mol. The first-order valence-corrected chi connectivity index (χ1v) is 12.6. The van der Waals surface area contributed by atoms with Crippen LogP contribution >= 0.6 is 11.6 Å². The minimum atomic E-state index is -3.81. The third kappa shape index (κ3) is 6.85. The average Bonchev–Trinajstić information content (AvgIpc) is 2.78. The molecule has 0 bridgehead atoms. The molecule has 0 aliphatic rings. The van der Waals surface area contributed by atoms with Crippen molar-refractivity contribution in [2.45, 2.75) is 32.9 Å². The molecule has 2 aromatic rings. The van der Waals surface area contributed by atoms with Crippen LogP contribution in [0.25, 0.3) is 0 Å². The van der Waals surface area contributed by atoms with Gasteiger partial charge < -0.3 is 15.0 Å². The topological polar surface area (TPSA) is 96.0 Å². The summed E-state index contributed by atoms with van der Waals surface area (Å²) in [7, 11) is -0.775. The fraction of sp³-hybridized carbons (Fsp3) is 0.391. The zero-order chi connectivity index (χ0) is 24.8. The number of benzene rings is 2. The van der Waals surface area contributed by atoms with Crippen LogP contribution in [0.4, 0.5) is 5.69 Å². The Hall–Kier alpha value is -2.78. The molecule has 0 aliphatic heterocycles. The van der Waals surface area contributed by atoms with Crippen molar-refractivity contribution in [3.05, 3.63) is 58.6 Å². The highest BCUT2D eigenvalue weighted by molar-refractivity contribution is 7.92. The van der Waals surface area contributed by atoms with Crippen LogP contribution < -0.4 is 14.4 Å². The predicted octanol–water partition coefficient (Wildman–Crippen LogP) is 2.98. The van der Waals surface area contributed by atoms with E-state index in [1.54, 1.807) is 44.2 Å². The van der Waals surface area contributed by atoms with Gasteiger partial charge in [-0.25, -0.2) is 8.42 Å². The number of sulfonamides is 1. The number of rotatable bonds is 10. The summed E-state index contributed by atoms with van der Waals surface area (Å²) in [5.41, 5.74) is 1.80. The number of aryl methyl sites for hydroxylation is 1. The number of hydrogen-bond acceptors (Lipinski definition) is 5. The lowest BCUT2D eigenvalue weighted by Gasteiger charge is -2.32. The fourth-order valence-electron chi connectivity index (χ4n) is 3.40. The average molecular weight is 496 g/mol. The Labute approximate surface area is 200 Å². The van der Waals surface area contributed by atoms with Gasteiger partial charge in [0.05, 0.1) is 19.1 Å². The lowest BCUT2D eigenvalue weighted by Crippen LogP contribution is -2.51. The van der Waals surface area contributed by atoms with E-state index < -0.39 is 28.5 Å². The van der Waals surface area contributed by atoms with Crippen LogP contribution in [0.2, 0.25) is 5.02 Å². The Morgan fingerprint density at radius 1 is 1.18 bits per heavy atom. The van der Waals surface area contributed by atoms with Gasteiger partial charge in [-0.15, -0.1) is 0 Å². The van der Waals surface area contributed by atoms with Crippen molar-refractivity contribution in [2.24, 2.45) is 0 Å². The molecule has 0 spiro atoms.